The predicted molar refractivity (Wildman–Crippen MR) is 99.5 cm³/mol. The number of fused-ring (bicyclic) bond motifs is 1. The van der Waals surface area contributed by atoms with Crippen molar-refractivity contribution in [2.24, 2.45) is 0 Å². The van der Waals surface area contributed by atoms with Crippen molar-refractivity contribution in [3.05, 3.63) is 59.9 Å². The molecule has 124 valence electrons. The molecular weight excluding hydrogens is 310 g/mol. The van der Waals surface area contributed by atoms with Crippen molar-refractivity contribution in [3.63, 3.8) is 0 Å². The summed E-state index contributed by atoms with van der Waals surface area (Å²) < 4.78 is 0. The summed E-state index contributed by atoms with van der Waals surface area (Å²) in [7, 11) is 0. The second-order valence-corrected chi connectivity index (χ2v) is 6.25. The van der Waals surface area contributed by atoms with E-state index < -0.39 is 0 Å². The Balaban J connectivity index is 1.58. The van der Waals surface area contributed by atoms with Crippen LogP contribution in [0.2, 0.25) is 0 Å². The van der Waals surface area contributed by atoms with Gasteiger partial charge in [-0.2, -0.15) is 5.26 Å². The van der Waals surface area contributed by atoms with Crippen LogP contribution in [-0.2, 0) is 6.54 Å². The molecule has 1 aliphatic heterocycles. The fraction of sp³-hybridized carbons (Fsp3) is 0.250. The topological polar surface area (TPSA) is 64.8 Å². The van der Waals surface area contributed by atoms with E-state index in [4.69, 9.17) is 0 Å². The fourth-order valence-electron chi connectivity index (χ4n) is 3.27. The van der Waals surface area contributed by atoms with E-state index in [0.717, 1.165) is 35.5 Å². The molecule has 0 spiro atoms. The molecule has 1 N–H and O–H groups in total. The van der Waals surface area contributed by atoms with Crippen LogP contribution in [0.3, 0.4) is 0 Å². The summed E-state index contributed by atoms with van der Waals surface area (Å²) in [5.74, 6) is 1.05. The molecule has 0 atom stereocenters. The summed E-state index contributed by atoms with van der Waals surface area (Å²) in [6.07, 6.45) is 4.35. The van der Waals surface area contributed by atoms with Gasteiger partial charge in [-0.25, -0.2) is 9.97 Å². The first kappa shape index (κ1) is 15.4. The summed E-state index contributed by atoms with van der Waals surface area (Å²) in [5, 5.41) is 13.7. The zero-order valence-electron chi connectivity index (χ0n) is 13.9. The number of benzene rings is 1. The van der Waals surface area contributed by atoms with E-state index in [1.165, 1.54) is 18.4 Å². The average molecular weight is 329 g/mol. The summed E-state index contributed by atoms with van der Waals surface area (Å²) in [6, 6.07) is 16.0. The van der Waals surface area contributed by atoms with E-state index in [1.807, 2.05) is 42.6 Å². The monoisotopic (exact) mass is 329 g/mol. The van der Waals surface area contributed by atoms with Crippen molar-refractivity contribution >= 4 is 22.4 Å². The maximum atomic E-state index is 9.21. The highest BCUT2D eigenvalue weighted by molar-refractivity contribution is 5.91. The second-order valence-electron chi connectivity index (χ2n) is 6.25. The summed E-state index contributed by atoms with van der Waals surface area (Å²) >= 11 is 0. The first-order valence-corrected chi connectivity index (χ1v) is 8.57. The molecule has 0 radical (unpaired) electrons. The van der Waals surface area contributed by atoms with Crippen LogP contribution in [0.1, 0.15) is 24.1 Å². The lowest BCUT2D eigenvalue weighted by Crippen LogP contribution is -2.19. The molecule has 2 aromatic heterocycles. The van der Waals surface area contributed by atoms with Crippen LogP contribution < -0.4 is 10.2 Å². The molecule has 0 unspecified atom stereocenters. The van der Waals surface area contributed by atoms with Crippen LogP contribution in [0, 0.1) is 11.3 Å². The van der Waals surface area contributed by atoms with Gasteiger partial charge in [0.1, 0.15) is 17.6 Å². The van der Waals surface area contributed by atoms with Gasteiger partial charge in [-0.1, -0.05) is 18.2 Å². The lowest BCUT2D eigenvalue weighted by atomic mass is 10.1. The first-order valence-electron chi connectivity index (χ1n) is 8.57. The minimum absolute atomic E-state index is 0.425. The number of hydrogen-bond acceptors (Lipinski definition) is 5. The number of anilines is 2. The Hall–Kier alpha value is -3.13. The molecular formula is C20H19N5. The molecule has 1 saturated heterocycles. The third kappa shape index (κ3) is 3.24. The highest BCUT2D eigenvalue weighted by Gasteiger charge is 2.13. The summed E-state index contributed by atoms with van der Waals surface area (Å²) in [6.45, 7) is 2.86. The van der Waals surface area contributed by atoms with Crippen molar-refractivity contribution < 1.29 is 0 Å². The molecule has 0 amide bonds. The van der Waals surface area contributed by atoms with Crippen molar-refractivity contribution in [1.82, 2.24) is 9.97 Å². The van der Waals surface area contributed by atoms with Crippen LogP contribution in [0.5, 0.6) is 0 Å². The van der Waals surface area contributed by atoms with Crippen LogP contribution in [0.4, 0.5) is 11.5 Å². The maximum Gasteiger partial charge on any atom is 0.143 e. The van der Waals surface area contributed by atoms with Crippen LogP contribution in [0.15, 0.2) is 48.7 Å². The Bertz CT molecular complexity index is 938. The normalized spacial score (nSPS) is 13.8. The van der Waals surface area contributed by atoms with Crippen molar-refractivity contribution in [1.29, 1.82) is 5.26 Å². The number of nitrogens with one attached hydrogen (secondary N) is 1. The smallest absolute Gasteiger partial charge is 0.143 e. The lowest BCUT2D eigenvalue weighted by Gasteiger charge is -2.17. The van der Waals surface area contributed by atoms with Crippen LogP contribution in [-0.4, -0.2) is 23.1 Å². The standard InChI is InChI=1S/C20H19N5/c21-13-16-12-19(17-5-1-2-6-18(17)24-16)23-14-15-7-8-22-20(11-15)25-9-3-4-10-25/h1-2,5-8,11-12H,3-4,9-10,14H2,(H,23,24). The SMILES string of the molecule is N#Cc1cc(NCc2ccnc(N3CCCC3)c2)c2ccccc2n1. The van der Waals surface area contributed by atoms with Gasteiger partial charge < -0.3 is 10.2 Å². The Morgan fingerprint density at radius 2 is 1.96 bits per heavy atom. The van der Waals surface area contributed by atoms with Gasteiger partial charge in [0.25, 0.3) is 0 Å². The van der Waals surface area contributed by atoms with Gasteiger partial charge >= 0.3 is 0 Å². The number of para-hydroxylation sites is 1. The molecule has 0 aliphatic carbocycles. The van der Waals surface area contributed by atoms with Gasteiger partial charge in [-0.05, 0) is 42.7 Å². The van der Waals surface area contributed by atoms with Gasteiger partial charge in [0.2, 0.25) is 0 Å². The molecule has 1 aliphatic rings. The molecule has 5 heteroatoms. The van der Waals surface area contributed by atoms with Gasteiger partial charge in [0.15, 0.2) is 0 Å². The summed E-state index contributed by atoms with van der Waals surface area (Å²) in [4.78, 5) is 11.2. The second kappa shape index (κ2) is 6.78. The number of nitrogens with zero attached hydrogens (tertiary/aromatic N) is 4. The molecule has 0 saturated carbocycles. The zero-order valence-corrected chi connectivity index (χ0v) is 13.9. The molecule has 0 bridgehead atoms. The third-order valence-corrected chi connectivity index (χ3v) is 4.55. The Morgan fingerprint density at radius 3 is 2.80 bits per heavy atom. The molecule has 1 aromatic carbocycles. The number of nitriles is 1. The predicted octanol–water partition coefficient (Wildman–Crippen LogP) is 3.71. The van der Waals surface area contributed by atoms with Crippen molar-refractivity contribution in [3.8, 4) is 6.07 Å². The Morgan fingerprint density at radius 1 is 1.12 bits per heavy atom. The fourth-order valence-corrected chi connectivity index (χ4v) is 3.27. The van der Waals surface area contributed by atoms with E-state index in [1.54, 1.807) is 0 Å². The molecule has 3 heterocycles. The van der Waals surface area contributed by atoms with E-state index in [2.05, 4.69) is 32.3 Å². The molecule has 1 fully saturated rings. The number of hydrogen-bond donors (Lipinski definition) is 1. The maximum absolute atomic E-state index is 9.21. The minimum Gasteiger partial charge on any atom is -0.380 e. The Kier molecular flexibility index (Phi) is 4.17. The van der Waals surface area contributed by atoms with Crippen molar-refractivity contribution in [2.45, 2.75) is 19.4 Å². The van der Waals surface area contributed by atoms with Gasteiger partial charge in [0.05, 0.1) is 5.52 Å². The lowest BCUT2D eigenvalue weighted by molar-refractivity contribution is 0.931. The molecule has 5 nitrogen and oxygen atoms in total. The number of aromatic nitrogens is 2. The number of pyridine rings is 2. The number of rotatable bonds is 4. The Labute approximate surface area is 146 Å². The van der Waals surface area contributed by atoms with Crippen molar-refractivity contribution in [2.75, 3.05) is 23.3 Å². The van der Waals surface area contributed by atoms with Crippen LogP contribution >= 0.6 is 0 Å². The van der Waals surface area contributed by atoms with E-state index >= 15 is 0 Å². The van der Waals surface area contributed by atoms with Gasteiger partial charge in [-0.15, -0.1) is 0 Å². The summed E-state index contributed by atoms with van der Waals surface area (Å²) in [5.41, 5.74) is 3.36. The first-order chi connectivity index (χ1) is 12.3. The molecule has 4 rings (SSSR count). The molecule has 3 aromatic rings. The van der Waals surface area contributed by atoms with E-state index in [-0.39, 0.29) is 0 Å². The highest BCUT2D eigenvalue weighted by atomic mass is 15.2. The average Bonchev–Trinajstić information content (AvgIpc) is 3.21. The van der Waals surface area contributed by atoms with Crippen LogP contribution in [0.25, 0.3) is 10.9 Å². The van der Waals surface area contributed by atoms with E-state index in [9.17, 15) is 5.26 Å². The largest absolute Gasteiger partial charge is 0.380 e. The minimum atomic E-state index is 0.425. The third-order valence-electron chi connectivity index (χ3n) is 4.55. The van der Waals surface area contributed by atoms with Gasteiger partial charge in [-0.3, -0.25) is 0 Å². The van der Waals surface area contributed by atoms with E-state index in [0.29, 0.717) is 12.2 Å². The molecule has 25 heavy (non-hydrogen) atoms. The quantitative estimate of drug-likeness (QED) is 0.790. The van der Waals surface area contributed by atoms with Gasteiger partial charge in [0, 0.05) is 36.9 Å². The zero-order chi connectivity index (χ0) is 17.1. The highest BCUT2D eigenvalue weighted by Crippen LogP contribution is 2.24.